The molecule has 144 valence electrons. The first-order valence-corrected chi connectivity index (χ1v) is 10.1. The number of rotatable bonds is 6. The predicted octanol–water partition coefficient (Wildman–Crippen LogP) is 2.85. The second-order valence-corrected chi connectivity index (χ2v) is 7.87. The Kier molecular flexibility index (Phi) is 7.17. The summed E-state index contributed by atoms with van der Waals surface area (Å²) >= 11 is 5.85. The molecule has 2 unspecified atom stereocenters. The third-order valence-corrected chi connectivity index (χ3v) is 5.76. The van der Waals surface area contributed by atoms with E-state index >= 15 is 0 Å². The van der Waals surface area contributed by atoms with Crippen molar-refractivity contribution in [3.8, 4) is 5.75 Å². The molecule has 2 N–H and O–H groups in total. The van der Waals surface area contributed by atoms with Gasteiger partial charge < -0.3 is 20.1 Å². The number of carbonyl (C=O) groups excluding carboxylic acids is 1. The Hall–Kier alpha value is -1.30. The molecule has 26 heavy (non-hydrogen) atoms. The predicted molar refractivity (Wildman–Crippen MR) is 103 cm³/mol. The smallest absolute Gasteiger partial charge is 0.260 e. The van der Waals surface area contributed by atoms with Crippen LogP contribution in [0.5, 0.6) is 5.75 Å². The third-order valence-electron chi connectivity index (χ3n) is 5.50. The molecule has 2 aliphatic rings. The molecule has 5 nitrogen and oxygen atoms in total. The summed E-state index contributed by atoms with van der Waals surface area (Å²) in [5.74, 6) is 1.05. The van der Waals surface area contributed by atoms with Crippen LogP contribution in [-0.2, 0) is 4.79 Å². The van der Waals surface area contributed by atoms with E-state index in [-0.39, 0.29) is 24.7 Å². The third kappa shape index (κ3) is 5.60. The quantitative estimate of drug-likeness (QED) is 0.796. The van der Waals surface area contributed by atoms with Crippen molar-refractivity contribution in [2.75, 3.05) is 26.2 Å². The fraction of sp³-hybridized carbons (Fsp3) is 0.650. The lowest BCUT2D eigenvalue weighted by molar-refractivity contribution is -0.134. The molecule has 0 aromatic heterocycles. The van der Waals surface area contributed by atoms with Crippen molar-refractivity contribution in [2.45, 2.75) is 50.7 Å². The molecule has 1 heterocycles. The minimum atomic E-state index is -0.270. The number of aliphatic hydroxyl groups is 1. The number of halogens is 1. The highest BCUT2D eigenvalue weighted by Gasteiger charge is 2.28. The monoisotopic (exact) mass is 380 g/mol. The second-order valence-electron chi connectivity index (χ2n) is 7.43. The van der Waals surface area contributed by atoms with Gasteiger partial charge in [0.05, 0.1) is 6.10 Å². The van der Waals surface area contributed by atoms with Gasteiger partial charge in [0.15, 0.2) is 6.61 Å². The summed E-state index contributed by atoms with van der Waals surface area (Å²) in [5.41, 5.74) is 0. The molecule has 2 atom stereocenters. The Balaban J connectivity index is 1.44. The van der Waals surface area contributed by atoms with Gasteiger partial charge in [0.1, 0.15) is 5.75 Å². The molecule has 0 radical (unpaired) electrons. The van der Waals surface area contributed by atoms with Crippen LogP contribution in [0, 0.1) is 5.92 Å². The maximum absolute atomic E-state index is 12.5. The van der Waals surface area contributed by atoms with Crippen molar-refractivity contribution in [1.29, 1.82) is 0 Å². The molecule has 1 aliphatic carbocycles. The van der Waals surface area contributed by atoms with Crippen LogP contribution in [0.3, 0.4) is 0 Å². The van der Waals surface area contributed by atoms with E-state index in [9.17, 15) is 9.90 Å². The topological polar surface area (TPSA) is 61.8 Å². The molecule has 1 aromatic rings. The number of benzene rings is 1. The maximum atomic E-state index is 12.5. The van der Waals surface area contributed by atoms with E-state index in [0.717, 1.165) is 19.4 Å². The van der Waals surface area contributed by atoms with Crippen LogP contribution in [0.2, 0.25) is 5.02 Å². The van der Waals surface area contributed by atoms with Crippen LogP contribution in [0.4, 0.5) is 0 Å². The first-order chi connectivity index (χ1) is 12.6. The van der Waals surface area contributed by atoms with E-state index in [2.05, 4.69) is 5.32 Å². The number of nitrogens with one attached hydrogen (secondary N) is 1. The Morgan fingerprint density at radius 3 is 2.73 bits per heavy atom. The number of aliphatic hydroxyl groups excluding tert-OH is 1. The van der Waals surface area contributed by atoms with Crippen molar-refractivity contribution < 1.29 is 14.6 Å². The van der Waals surface area contributed by atoms with Gasteiger partial charge in [0, 0.05) is 30.7 Å². The first kappa shape index (κ1) is 19.5. The standard InChI is InChI=1S/C20H29ClN2O3/c21-16-6-8-18(9-7-16)26-14-20(25)23-11-10-22-17(13-23)12-19(24)15-4-2-1-3-5-15/h6-9,15,17,19,22,24H,1-5,10-14H2. The van der Waals surface area contributed by atoms with Gasteiger partial charge in [-0.15, -0.1) is 0 Å². The fourth-order valence-electron chi connectivity index (χ4n) is 3.98. The second kappa shape index (κ2) is 9.58. The van der Waals surface area contributed by atoms with Crippen molar-refractivity contribution >= 4 is 17.5 Å². The van der Waals surface area contributed by atoms with E-state index in [0.29, 0.717) is 36.2 Å². The zero-order valence-electron chi connectivity index (χ0n) is 15.2. The molecule has 1 saturated heterocycles. The molecule has 2 fully saturated rings. The average Bonchev–Trinajstić information content (AvgIpc) is 2.68. The highest BCUT2D eigenvalue weighted by atomic mass is 35.5. The Morgan fingerprint density at radius 2 is 2.00 bits per heavy atom. The minimum absolute atomic E-state index is 0.0152. The molecule has 6 heteroatoms. The van der Waals surface area contributed by atoms with Gasteiger partial charge in [0.2, 0.25) is 0 Å². The zero-order valence-corrected chi connectivity index (χ0v) is 16.0. The lowest BCUT2D eigenvalue weighted by atomic mass is 9.83. The molecule has 1 aromatic carbocycles. The first-order valence-electron chi connectivity index (χ1n) is 9.69. The summed E-state index contributed by atoms with van der Waals surface area (Å²) in [6, 6.07) is 7.16. The lowest BCUT2D eigenvalue weighted by Gasteiger charge is -2.36. The van der Waals surface area contributed by atoms with Crippen molar-refractivity contribution in [3.63, 3.8) is 0 Å². The van der Waals surface area contributed by atoms with Crippen molar-refractivity contribution in [1.82, 2.24) is 10.2 Å². The van der Waals surface area contributed by atoms with E-state index in [1.807, 2.05) is 4.90 Å². The van der Waals surface area contributed by atoms with Crippen LogP contribution >= 0.6 is 11.6 Å². The number of carbonyl (C=O) groups is 1. The largest absolute Gasteiger partial charge is 0.484 e. The van der Waals surface area contributed by atoms with Crippen LogP contribution in [0.25, 0.3) is 0 Å². The molecule has 1 amide bonds. The minimum Gasteiger partial charge on any atom is -0.484 e. The number of piperazine rings is 1. The lowest BCUT2D eigenvalue weighted by Crippen LogP contribution is -2.54. The van der Waals surface area contributed by atoms with Crippen LogP contribution in [0.1, 0.15) is 38.5 Å². The molecular weight excluding hydrogens is 352 g/mol. The average molecular weight is 381 g/mol. The number of hydrogen-bond donors (Lipinski definition) is 2. The number of amides is 1. The normalized spacial score (nSPS) is 22.8. The Morgan fingerprint density at radius 1 is 1.27 bits per heavy atom. The van der Waals surface area contributed by atoms with Crippen molar-refractivity contribution in [3.05, 3.63) is 29.3 Å². The molecule has 0 spiro atoms. The fourth-order valence-corrected chi connectivity index (χ4v) is 4.11. The Bertz CT molecular complexity index is 575. The molecule has 1 aliphatic heterocycles. The molecular formula is C20H29ClN2O3. The molecule has 1 saturated carbocycles. The van der Waals surface area contributed by atoms with Gasteiger partial charge in [-0.2, -0.15) is 0 Å². The highest BCUT2D eigenvalue weighted by Crippen LogP contribution is 2.28. The van der Waals surface area contributed by atoms with Gasteiger partial charge in [0.25, 0.3) is 5.91 Å². The van der Waals surface area contributed by atoms with Gasteiger partial charge in [-0.05, 0) is 49.4 Å². The summed E-state index contributed by atoms with van der Waals surface area (Å²) < 4.78 is 5.57. The van der Waals surface area contributed by atoms with Gasteiger partial charge in [-0.25, -0.2) is 0 Å². The highest BCUT2D eigenvalue weighted by molar-refractivity contribution is 6.30. The summed E-state index contributed by atoms with van der Waals surface area (Å²) in [4.78, 5) is 14.3. The molecule has 3 rings (SSSR count). The summed E-state index contributed by atoms with van der Waals surface area (Å²) in [6.45, 7) is 2.10. The molecule has 0 bridgehead atoms. The van der Waals surface area contributed by atoms with E-state index < -0.39 is 0 Å². The van der Waals surface area contributed by atoms with Gasteiger partial charge >= 0.3 is 0 Å². The van der Waals surface area contributed by atoms with E-state index in [4.69, 9.17) is 16.3 Å². The number of nitrogens with zero attached hydrogens (tertiary/aromatic N) is 1. The van der Waals surface area contributed by atoms with Crippen LogP contribution in [0.15, 0.2) is 24.3 Å². The summed E-state index contributed by atoms with van der Waals surface area (Å²) in [7, 11) is 0. The van der Waals surface area contributed by atoms with Crippen LogP contribution in [-0.4, -0.2) is 54.3 Å². The Labute approximate surface area is 160 Å². The van der Waals surface area contributed by atoms with Crippen LogP contribution < -0.4 is 10.1 Å². The van der Waals surface area contributed by atoms with E-state index in [1.54, 1.807) is 24.3 Å². The number of hydrogen-bond acceptors (Lipinski definition) is 4. The van der Waals surface area contributed by atoms with Gasteiger partial charge in [-0.3, -0.25) is 4.79 Å². The van der Waals surface area contributed by atoms with E-state index in [1.165, 1.54) is 19.3 Å². The number of ether oxygens (including phenoxy) is 1. The summed E-state index contributed by atoms with van der Waals surface area (Å²) in [6.07, 6.45) is 6.46. The van der Waals surface area contributed by atoms with Gasteiger partial charge in [-0.1, -0.05) is 30.9 Å². The summed E-state index contributed by atoms with van der Waals surface area (Å²) in [5, 5.41) is 14.6. The maximum Gasteiger partial charge on any atom is 0.260 e. The van der Waals surface area contributed by atoms with Crippen molar-refractivity contribution in [2.24, 2.45) is 5.92 Å². The zero-order chi connectivity index (χ0) is 18.4. The SMILES string of the molecule is O=C(COc1ccc(Cl)cc1)N1CCNC(CC(O)C2CCCCC2)C1.